The van der Waals surface area contributed by atoms with Crippen molar-refractivity contribution in [1.29, 1.82) is 0 Å². The molecular weight excluding hydrogens is 235 g/mol. The zero-order valence-corrected chi connectivity index (χ0v) is 9.46. The molecule has 7 heteroatoms. The molecule has 0 saturated carbocycles. The van der Waals surface area contributed by atoms with E-state index >= 15 is 0 Å². The van der Waals surface area contributed by atoms with Crippen LogP contribution < -0.4 is 10.5 Å². The van der Waals surface area contributed by atoms with Crippen molar-refractivity contribution in [2.45, 2.75) is 17.9 Å². The first kappa shape index (κ1) is 12.9. The lowest BCUT2D eigenvalue weighted by atomic mass is 10.3. The quantitative estimate of drug-likeness (QED) is 0.657. The maximum absolute atomic E-state index is 13.0. The number of nitrogens with one attached hydrogen (secondary N) is 1. The molecular formula is C9H13FN2O3S. The van der Waals surface area contributed by atoms with Crippen LogP contribution in [0.4, 0.5) is 10.1 Å². The van der Waals surface area contributed by atoms with Gasteiger partial charge in [0, 0.05) is 11.7 Å². The molecule has 0 unspecified atom stereocenters. The van der Waals surface area contributed by atoms with Gasteiger partial charge in [0.2, 0.25) is 10.0 Å². The average molecular weight is 248 g/mol. The normalized spacial score (nSPS) is 13.7. The zero-order chi connectivity index (χ0) is 12.3. The number of rotatable bonds is 4. The Morgan fingerprint density at radius 2 is 2.12 bits per heavy atom. The Balaban J connectivity index is 3.07. The summed E-state index contributed by atoms with van der Waals surface area (Å²) in [4.78, 5) is -0.259. The van der Waals surface area contributed by atoms with E-state index in [1.54, 1.807) is 0 Å². The molecule has 0 heterocycles. The second kappa shape index (κ2) is 4.77. The number of nitrogens with two attached hydrogens (primary N) is 1. The Morgan fingerprint density at radius 1 is 1.50 bits per heavy atom. The summed E-state index contributed by atoms with van der Waals surface area (Å²) in [5, 5.41) is 8.73. The van der Waals surface area contributed by atoms with E-state index in [1.165, 1.54) is 6.92 Å². The third-order valence-corrected chi connectivity index (χ3v) is 3.40. The number of aliphatic hydroxyl groups is 1. The lowest BCUT2D eigenvalue weighted by Gasteiger charge is -2.11. The molecule has 0 aromatic heterocycles. The number of hydrogen-bond donors (Lipinski definition) is 3. The first-order valence-electron chi connectivity index (χ1n) is 4.54. The van der Waals surface area contributed by atoms with Crippen molar-refractivity contribution in [3.63, 3.8) is 0 Å². The van der Waals surface area contributed by atoms with E-state index in [1.807, 2.05) is 0 Å². The van der Waals surface area contributed by atoms with Crippen LogP contribution in [0.3, 0.4) is 0 Å². The molecule has 0 bridgehead atoms. The van der Waals surface area contributed by atoms with Crippen LogP contribution in [-0.2, 0) is 10.0 Å². The van der Waals surface area contributed by atoms with E-state index < -0.39 is 21.9 Å². The Morgan fingerprint density at radius 3 is 2.62 bits per heavy atom. The predicted molar refractivity (Wildman–Crippen MR) is 57.7 cm³/mol. The Labute approximate surface area is 93.1 Å². The summed E-state index contributed by atoms with van der Waals surface area (Å²) in [6, 6.07) is 2.39. The van der Waals surface area contributed by atoms with Crippen LogP contribution in [0, 0.1) is 5.82 Å². The topological polar surface area (TPSA) is 92.4 Å². The van der Waals surface area contributed by atoms with Gasteiger partial charge in [-0.2, -0.15) is 0 Å². The van der Waals surface area contributed by atoms with Gasteiger partial charge in [-0.25, -0.2) is 17.5 Å². The zero-order valence-electron chi connectivity index (χ0n) is 8.64. The van der Waals surface area contributed by atoms with Gasteiger partial charge in [-0.1, -0.05) is 0 Å². The Hall–Kier alpha value is -1.18. The van der Waals surface area contributed by atoms with Gasteiger partial charge >= 0.3 is 0 Å². The minimum Gasteiger partial charge on any atom is -0.399 e. The van der Waals surface area contributed by atoms with Crippen molar-refractivity contribution in [3.05, 3.63) is 24.0 Å². The maximum Gasteiger partial charge on any atom is 0.241 e. The smallest absolute Gasteiger partial charge is 0.241 e. The molecule has 0 spiro atoms. The highest BCUT2D eigenvalue weighted by Crippen LogP contribution is 2.15. The molecule has 4 N–H and O–H groups in total. The number of nitrogen functional groups attached to an aromatic ring is 1. The molecule has 1 aromatic carbocycles. The minimum absolute atomic E-state index is 0.0250. The highest BCUT2D eigenvalue weighted by molar-refractivity contribution is 7.89. The summed E-state index contributed by atoms with van der Waals surface area (Å²) in [5.41, 5.74) is 5.36. The van der Waals surface area contributed by atoms with Crippen molar-refractivity contribution < 1.29 is 17.9 Å². The largest absolute Gasteiger partial charge is 0.399 e. The fraction of sp³-hybridized carbons (Fsp3) is 0.333. The van der Waals surface area contributed by atoms with E-state index in [9.17, 15) is 12.8 Å². The van der Waals surface area contributed by atoms with Crippen LogP contribution in [0.5, 0.6) is 0 Å². The number of aliphatic hydroxyl groups excluding tert-OH is 1. The summed E-state index contributed by atoms with van der Waals surface area (Å²) >= 11 is 0. The molecule has 16 heavy (non-hydrogen) atoms. The molecule has 1 atom stereocenters. The Bertz CT molecular complexity index is 455. The van der Waals surface area contributed by atoms with E-state index in [0.29, 0.717) is 0 Å². The van der Waals surface area contributed by atoms with Gasteiger partial charge in [-0.15, -0.1) is 0 Å². The molecule has 0 amide bonds. The minimum atomic E-state index is -3.85. The molecule has 0 fully saturated rings. The van der Waals surface area contributed by atoms with Gasteiger partial charge < -0.3 is 10.8 Å². The molecule has 5 nitrogen and oxygen atoms in total. The van der Waals surface area contributed by atoms with E-state index in [0.717, 1.165) is 18.2 Å². The van der Waals surface area contributed by atoms with Gasteiger partial charge in [-0.05, 0) is 25.1 Å². The lowest BCUT2D eigenvalue weighted by Crippen LogP contribution is -2.35. The molecule has 1 aromatic rings. The van der Waals surface area contributed by atoms with Crippen molar-refractivity contribution in [1.82, 2.24) is 4.72 Å². The fourth-order valence-corrected chi connectivity index (χ4v) is 2.41. The summed E-state index contributed by atoms with van der Waals surface area (Å²) in [5.74, 6) is -0.725. The van der Waals surface area contributed by atoms with Gasteiger partial charge in [-0.3, -0.25) is 0 Å². The summed E-state index contributed by atoms with van der Waals surface area (Å²) < 4.78 is 38.5. The summed E-state index contributed by atoms with van der Waals surface area (Å²) in [7, 11) is -3.85. The molecule has 0 aliphatic heterocycles. The molecule has 0 aliphatic rings. The Kier molecular flexibility index (Phi) is 3.84. The van der Waals surface area contributed by atoms with Crippen LogP contribution in [0.25, 0.3) is 0 Å². The monoisotopic (exact) mass is 248 g/mol. The van der Waals surface area contributed by atoms with Crippen LogP contribution >= 0.6 is 0 Å². The number of sulfonamides is 1. The third kappa shape index (κ3) is 3.16. The van der Waals surface area contributed by atoms with E-state index in [4.69, 9.17) is 10.8 Å². The second-order valence-electron chi connectivity index (χ2n) is 3.43. The molecule has 90 valence electrons. The third-order valence-electron chi connectivity index (χ3n) is 1.83. The van der Waals surface area contributed by atoms with Gasteiger partial charge in [0.1, 0.15) is 5.82 Å². The average Bonchev–Trinajstić information content (AvgIpc) is 2.15. The van der Waals surface area contributed by atoms with Crippen molar-refractivity contribution >= 4 is 15.7 Å². The first-order chi connectivity index (χ1) is 7.35. The van der Waals surface area contributed by atoms with Crippen LogP contribution in [0.1, 0.15) is 6.92 Å². The van der Waals surface area contributed by atoms with Crippen LogP contribution in [-0.4, -0.2) is 26.2 Å². The highest BCUT2D eigenvalue weighted by atomic mass is 32.2. The summed E-state index contributed by atoms with van der Waals surface area (Å²) in [6.07, 6.45) is 0. The summed E-state index contributed by atoms with van der Waals surface area (Å²) in [6.45, 7) is 1.14. The lowest BCUT2D eigenvalue weighted by molar-refractivity contribution is 0.265. The molecule has 1 rings (SSSR count). The predicted octanol–water partition coefficient (Wildman–Crippen LogP) is 0.0670. The maximum atomic E-state index is 13.0. The van der Waals surface area contributed by atoms with Crippen LogP contribution in [0.15, 0.2) is 23.1 Å². The van der Waals surface area contributed by atoms with Gasteiger partial charge in [0.05, 0.1) is 11.5 Å². The molecule has 0 radical (unpaired) electrons. The van der Waals surface area contributed by atoms with Gasteiger partial charge in [0.15, 0.2) is 0 Å². The standard InChI is InChI=1S/C9H13FN2O3S/c1-6(5-13)12-16(14,15)9-3-7(10)2-8(11)4-9/h2-4,6,12-13H,5,11H2,1H3/t6-/m1/s1. The molecule has 0 saturated heterocycles. The number of anilines is 1. The highest BCUT2D eigenvalue weighted by Gasteiger charge is 2.18. The fourth-order valence-electron chi connectivity index (χ4n) is 1.11. The second-order valence-corrected chi connectivity index (χ2v) is 5.14. The number of halogens is 1. The first-order valence-corrected chi connectivity index (χ1v) is 6.02. The van der Waals surface area contributed by atoms with Crippen LogP contribution in [0.2, 0.25) is 0 Å². The van der Waals surface area contributed by atoms with E-state index in [2.05, 4.69) is 4.72 Å². The van der Waals surface area contributed by atoms with Crippen molar-refractivity contribution in [3.8, 4) is 0 Å². The number of benzene rings is 1. The van der Waals surface area contributed by atoms with Crippen molar-refractivity contribution in [2.24, 2.45) is 0 Å². The van der Waals surface area contributed by atoms with Crippen molar-refractivity contribution in [2.75, 3.05) is 12.3 Å². The van der Waals surface area contributed by atoms with E-state index in [-0.39, 0.29) is 17.2 Å². The molecule has 0 aliphatic carbocycles. The SMILES string of the molecule is C[C@H](CO)NS(=O)(=O)c1cc(N)cc(F)c1. The number of hydrogen-bond acceptors (Lipinski definition) is 4. The van der Waals surface area contributed by atoms with Gasteiger partial charge in [0.25, 0.3) is 0 Å².